The van der Waals surface area contributed by atoms with Crippen molar-refractivity contribution in [2.45, 2.75) is 82.9 Å². The van der Waals surface area contributed by atoms with E-state index in [0.717, 1.165) is 60.7 Å². The van der Waals surface area contributed by atoms with Crippen LogP contribution in [0.3, 0.4) is 0 Å². The third kappa shape index (κ3) is 6.27. The van der Waals surface area contributed by atoms with Gasteiger partial charge in [0.05, 0.1) is 17.8 Å². The van der Waals surface area contributed by atoms with E-state index in [0.29, 0.717) is 25.0 Å². The Hall–Kier alpha value is -3.94. The Morgan fingerprint density at radius 1 is 1.07 bits per heavy atom. The fourth-order valence-corrected chi connectivity index (χ4v) is 5.75. The predicted octanol–water partition coefficient (Wildman–Crippen LogP) is 4.53. The minimum Gasteiger partial charge on any atom is -0.488 e. The molecule has 210 valence electrons. The van der Waals surface area contributed by atoms with Crippen molar-refractivity contribution in [2.24, 2.45) is 5.73 Å². The quantitative estimate of drug-likeness (QED) is 0.492. The van der Waals surface area contributed by atoms with E-state index in [4.69, 9.17) is 15.5 Å². The van der Waals surface area contributed by atoms with E-state index in [-0.39, 0.29) is 18.4 Å². The molecule has 3 aromatic rings. The van der Waals surface area contributed by atoms with Crippen LogP contribution in [-0.4, -0.2) is 52.3 Å². The van der Waals surface area contributed by atoms with Gasteiger partial charge in [-0.2, -0.15) is 0 Å². The predicted molar refractivity (Wildman–Crippen MR) is 155 cm³/mol. The summed E-state index contributed by atoms with van der Waals surface area (Å²) in [5.74, 6) is -0.294. The number of nitrogens with two attached hydrogens (primary N) is 1. The highest BCUT2D eigenvalue weighted by atomic mass is 16.5. The van der Waals surface area contributed by atoms with Gasteiger partial charge in [-0.1, -0.05) is 62.6 Å². The lowest BCUT2D eigenvalue weighted by Gasteiger charge is -2.27. The van der Waals surface area contributed by atoms with Crippen molar-refractivity contribution >= 4 is 28.6 Å². The van der Waals surface area contributed by atoms with Gasteiger partial charge in [0.25, 0.3) is 0 Å². The summed E-state index contributed by atoms with van der Waals surface area (Å²) in [7, 11) is 0. The number of nitrogens with zero attached hydrogens (tertiary/aromatic N) is 2. The van der Waals surface area contributed by atoms with Gasteiger partial charge in [0.1, 0.15) is 23.9 Å². The second-order valence-electron chi connectivity index (χ2n) is 10.9. The zero-order valence-corrected chi connectivity index (χ0v) is 23.1. The highest BCUT2D eigenvalue weighted by molar-refractivity contribution is 5.92. The molecule has 8 nitrogen and oxygen atoms in total. The van der Waals surface area contributed by atoms with Crippen LogP contribution in [0.15, 0.2) is 54.6 Å². The maximum Gasteiger partial charge on any atom is 0.245 e. The number of primary amides is 1. The average Bonchev–Trinajstić information content (AvgIpc) is 3.39. The van der Waals surface area contributed by atoms with E-state index in [1.54, 1.807) is 0 Å². The number of hydrogen-bond donors (Lipinski definition) is 2. The summed E-state index contributed by atoms with van der Waals surface area (Å²) in [6, 6.07) is 16.7. The van der Waals surface area contributed by atoms with Crippen LogP contribution >= 0.6 is 0 Å². The zero-order chi connectivity index (χ0) is 28.1. The summed E-state index contributed by atoms with van der Waals surface area (Å²) in [5, 5.41) is 3.86. The fraction of sp³-hybridized carbons (Fsp3) is 0.438. The molecular formula is C32H38N4O4. The van der Waals surface area contributed by atoms with Crippen LogP contribution in [0.4, 0.5) is 0 Å². The Bertz CT molecular complexity index is 1380. The van der Waals surface area contributed by atoms with Gasteiger partial charge in [-0.25, -0.2) is 4.98 Å². The molecule has 0 radical (unpaired) electrons. The van der Waals surface area contributed by atoms with Gasteiger partial charge in [0, 0.05) is 29.9 Å². The highest BCUT2D eigenvalue weighted by Crippen LogP contribution is 2.34. The molecule has 3 atom stereocenters. The number of ether oxygens (including phenoxy) is 1. The molecule has 2 aromatic carbocycles. The molecule has 0 unspecified atom stereocenters. The number of rotatable bonds is 5. The third-order valence-corrected chi connectivity index (χ3v) is 7.92. The molecule has 3 amide bonds. The van der Waals surface area contributed by atoms with Crippen molar-refractivity contribution in [2.75, 3.05) is 6.54 Å². The van der Waals surface area contributed by atoms with Crippen LogP contribution in [0.25, 0.3) is 22.2 Å². The second-order valence-corrected chi connectivity index (χ2v) is 10.9. The number of carbonyl (C=O) groups is 3. The summed E-state index contributed by atoms with van der Waals surface area (Å²) < 4.78 is 6.60. The van der Waals surface area contributed by atoms with E-state index < -0.39 is 24.1 Å². The largest absolute Gasteiger partial charge is 0.488 e. The first-order valence-electron chi connectivity index (χ1n) is 14.5. The summed E-state index contributed by atoms with van der Waals surface area (Å²) in [6.07, 6.45) is 5.93. The van der Waals surface area contributed by atoms with Crippen molar-refractivity contribution < 1.29 is 19.1 Å². The van der Waals surface area contributed by atoms with Crippen LogP contribution in [-0.2, 0) is 20.8 Å². The Balaban J connectivity index is 1.53. The molecule has 40 heavy (non-hydrogen) atoms. The number of unbranched alkanes of at least 4 members (excludes halogenated alkanes) is 1. The number of aryl methyl sites for hydroxylation is 1. The first-order chi connectivity index (χ1) is 19.4. The van der Waals surface area contributed by atoms with Crippen LogP contribution in [0, 0.1) is 0 Å². The first-order valence-corrected chi connectivity index (χ1v) is 14.5. The van der Waals surface area contributed by atoms with Crippen molar-refractivity contribution in [1.29, 1.82) is 0 Å². The van der Waals surface area contributed by atoms with E-state index in [2.05, 4.69) is 17.4 Å². The van der Waals surface area contributed by atoms with Crippen molar-refractivity contribution in [3.63, 3.8) is 0 Å². The maximum atomic E-state index is 13.7. The Morgan fingerprint density at radius 2 is 1.88 bits per heavy atom. The highest BCUT2D eigenvalue weighted by Gasteiger charge is 2.42. The lowest BCUT2D eigenvalue weighted by atomic mass is 10.0. The van der Waals surface area contributed by atoms with Gasteiger partial charge >= 0.3 is 0 Å². The van der Waals surface area contributed by atoms with Gasteiger partial charge in [-0.05, 0) is 43.4 Å². The molecular weight excluding hydrogens is 504 g/mol. The van der Waals surface area contributed by atoms with Crippen molar-refractivity contribution in [3.8, 4) is 17.0 Å². The number of amides is 3. The molecule has 5 rings (SSSR count). The molecule has 1 fully saturated rings. The van der Waals surface area contributed by atoms with Gasteiger partial charge in [-0.3, -0.25) is 14.4 Å². The average molecular weight is 543 g/mol. The number of aromatic nitrogens is 1. The van der Waals surface area contributed by atoms with Gasteiger partial charge in [0.2, 0.25) is 17.7 Å². The molecule has 1 saturated heterocycles. The SMILES string of the molecule is CCCC[C@@H]1NC(=O)CCCCCc2ccc3nc(-c4ccccc4)cc(c3c2)O[C@@H]2C[C@@H](C(N)=O)N(C2)C1=O. The van der Waals surface area contributed by atoms with Crippen LogP contribution in [0.2, 0.25) is 0 Å². The molecule has 4 bridgehead atoms. The minimum atomic E-state index is -0.797. The summed E-state index contributed by atoms with van der Waals surface area (Å²) in [4.78, 5) is 45.4. The molecule has 2 aliphatic heterocycles. The topological polar surface area (TPSA) is 115 Å². The van der Waals surface area contributed by atoms with Crippen LogP contribution in [0.1, 0.15) is 63.9 Å². The van der Waals surface area contributed by atoms with Crippen LogP contribution in [0.5, 0.6) is 5.75 Å². The summed E-state index contributed by atoms with van der Waals surface area (Å²) >= 11 is 0. The monoisotopic (exact) mass is 542 g/mol. The van der Waals surface area contributed by atoms with Crippen molar-refractivity contribution in [3.05, 3.63) is 60.2 Å². The Kier molecular flexibility index (Phi) is 8.63. The van der Waals surface area contributed by atoms with E-state index in [1.165, 1.54) is 10.5 Å². The molecule has 3 N–H and O–H groups in total. The van der Waals surface area contributed by atoms with Gasteiger partial charge in [0.15, 0.2) is 0 Å². The summed E-state index contributed by atoms with van der Waals surface area (Å²) in [5.41, 5.74) is 9.55. The normalized spacial score (nSPS) is 22.1. The molecule has 0 saturated carbocycles. The molecule has 0 aliphatic carbocycles. The van der Waals surface area contributed by atoms with E-state index in [9.17, 15) is 14.4 Å². The lowest BCUT2D eigenvalue weighted by molar-refractivity contribution is -0.140. The Morgan fingerprint density at radius 3 is 2.65 bits per heavy atom. The third-order valence-electron chi connectivity index (χ3n) is 7.92. The molecule has 2 aliphatic rings. The van der Waals surface area contributed by atoms with Crippen LogP contribution < -0.4 is 15.8 Å². The molecule has 8 heteroatoms. The molecule has 3 heterocycles. The number of benzene rings is 2. The second kappa shape index (κ2) is 12.5. The van der Waals surface area contributed by atoms with E-state index >= 15 is 0 Å². The smallest absolute Gasteiger partial charge is 0.245 e. The van der Waals surface area contributed by atoms with Crippen molar-refractivity contribution in [1.82, 2.24) is 15.2 Å². The Labute approximate surface area is 235 Å². The zero-order valence-electron chi connectivity index (χ0n) is 23.1. The number of hydrogen-bond acceptors (Lipinski definition) is 5. The first kappa shape index (κ1) is 27.6. The number of carbonyl (C=O) groups excluding carboxylic acids is 3. The minimum absolute atomic E-state index is 0.130. The lowest BCUT2D eigenvalue weighted by Crippen LogP contribution is -2.53. The van der Waals surface area contributed by atoms with Gasteiger partial charge in [-0.15, -0.1) is 0 Å². The van der Waals surface area contributed by atoms with Gasteiger partial charge < -0.3 is 20.7 Å². The number of nitrogens with one attached hydrogen (secondary N) is 1. The molecule has 0 spiro atoms. The molecule has 1 aromatic heterocycles. The maximum absolute atomic E-state index is 13.7. The number of fused-ring (bicyclic) bond motifs is 3. The summed E-state index contributed by atoms with van der Waals surface area (Å²) in [6.45, 7) is 2.26. The van der Waals surface area contributed by atoms with E-state index in [1.807, 2.05) is 49.4 Å². The standard InChI is InChI=1S/C32H38N4O4/c1-2-3-13-26-32(39)36-20-23(18-28(36)31(33)38)40-29-19-27(22-11-7-5-8-12-22)34-25-16-15-21(17-24(25)29)10-6-4-9-14-30(37)35-26/h5,7-8,11-12,15-17,19,23,26,28H,2-4,6,9-10,13-14,18,20H2,1H3,(H2,33,38)(H,35,37)/t23-,26+,28+/m1/s1. The fourth-order valence-electron chi connectivity index (χ4n) is 5.75. The number of pyridine rings is 1.